The first-order chi connectivity index (χ1) is 8.22. The van der Waals surface area contributed by atoms with Crippen LogP contribution in [0.4, 0.5) is 0 Å². The fourth-order valence-corrected chi connectivity index (χ4v) is 1.77. The van der Waals surface area contributed by atoms with E-state index in [1.54, 1.807) is 26.4 Å². The summed E-state index contributed by atoms with van der Waals surface area (Å²) in [6.07, 6.45) is 4.56. The Labute approximate surface area is 103 Å². The molecule has 0 aliphatic rings. The van der Waals surface area contributed by atoms with Crippen molar-refractivity contribution in [2.75, 3.05) is 14.2 Å². The molecule has 0 fully saturated rings. The molecule has 1 aromatic carbocycles. The summed E-state index contributed by atoms with van der Waals surface area (Å²) in [5, 5.41) is 9.83. The van der Waals surface area contributed by atoms with Gasteiger partial charge >= 0.3 is 0 Å². The third kappa shape index (κ3) is 3.79. The number of phenols is 1. The van der Waals surface area contributed by atoms with Gasteiger partial charge in [0.05, 0.1) is 13.2 Å². The van der Waals surface area contributed by atoms with Gasteiger partial charge in [0.15, 0.2) is 0 Å². The number of rotatable bonds is 7. The van der Waals surface area contributed by atoms with Crippen LogP contribution < -0.4 is 4.74 Å². The number of allylic oxidation sites excluding steroid dienone is 1. The second kappa shape index (κ2) is 6.97. The van der Waals surface area contributed by atoms with E-state index < -0.39 is 0 Å². The molecule has 3 nitrogen and oxygen atoms in total. The van der Waals surface area contributed by atoms with Crippen molar-refractivity contribution in [3.05, 3.63) is 36.4 Å². The minimum absolute atomic E-state index is 0.106. The first-order valence-electron chi connectivity index (χ1n) is 5.73. The fourth-order valence-electron chi connectivity index (χ4n) is 1.77. The highest BCUT2D eigenvalue weighted by atomic mass is 16.5. The molecule has 0 radical (unpaired) electrons. The third-order valence-corrected chi connectivity index (χ3v) is 2.74. The molecular formula is C14H20O3. The summed E-state index contributed by atoms with van der Waals surface area (Å²) in [4.78, 5) is 0. The van der Waals surface area contributed by atoms with Gasteiger partial charge in [-0.3, -0.25) is 0 Å². The quantitative estimate of drug-likeness (QED) is 0.582. The van der Waals surface area contributed by atoms with Crippen LogP contribution in [0.25, 0.3) is 0 Å². The molecule has 0 saturated heterocycles. The molecule has 0 bridgehead atoms. The van der Waals surface area contributed by atoms with Gasteiger partial charge < -0.3 is 14.6 Å². The predicted octanol–water partition coefficient (Wildman–Crippen LogP) is 3.44. The average molecular weight is 236 g/mol. The largest absolute Gasteiger partial charge is 0.508 e. The zero-order chi connectivity index (χ0) is 12.7. The molecule has 1 atom stereocenters. The standard InChI is InChI=1S/C14H20O3/c1-4-5-6-7-14(17-3)12-10-11(16-2)8-9-13(12)15/h4,8-10,14-15H,1,5-7H2,2-3H3. The third-order valence-electron chi connectivity index (χ3n) is 2.74. The van der Waals surface area contributed by atoms with Gasteiger partial charge in [-0.25, -0.2) is 0 Å². The fraction of sp³-hybridized carbons (Fsp3) is 0.429. The molecular weight excluding hydrogens is 216 g/mol. The van der Waals surface area contributed by atoms with Gasteiger partial charge in [0, 0.05) is 12.7 Å². The summed E-state index contributed by atoms with van der Waals surface area (Å²) in [5.74, 6) is 0.972. The van der Waals surface area contributed by atoms with Crippen LogP contribution in [0, 0.1) is 0 Å². The van der Waals surface area contributed by atoms with E-state index in [4.69, 9.17) is 9.47 Å². The predicted molar refractivity (Wildman–Crippen MR) is 68.5 cm³/mol. The van der Waals surface area contributed by atoms with Gasteiger partial charge in [0.1, 0.15) is 11.5 Å². The zero-order valence-corrected chi connectivity index (χ0v) is 10.5. The minimum Gasteiger partial charge on any atom is -0.508 e. The van der Waals surface area contributed by atoms with Crippen molar-refractivity contribution in [3.8, 4) is 11.5 Å². The number of hydrogen-bond acceptors (Lipinski definition) is 3. The van der Waals surface area contributed by atoms with Crippen molar-refractivity contribution in [3.63, 3.8) is 0 Å². The van der Waals surface area contributed by atoms with Crippen LogP contribution in [-0.4, -0.2) is 19.3 Å². The Bertz CT molecular complexity index is 360. The van der Waals surface area contributed by atoms with E-state index in [1.807, 2.05) is 12.1 Å². The Kier molecular flexibility index (Phi) is 5.57. The van der Waals surface area contributed by atoms with Gasteiger partial charge in [-0.05, 0) is 37.5 Å². The highest BCUT2D eigenvalue weighted by molar-refractivity contribution is 5.40. The summed E-state index contributed by atoms with van der Waals surface area (Å²) in [7, 11) is 3.26. The molecule has 3 heteroatoms. The maximum absolute atomic E-state index is 9.83. The van der Waals surface area contributed by atoms with E-state index >= 15 is 0 Å². The van der Waals surface area contributed by atoms with Crippen molar-refractivity contribution in [1.29, 1.82) is 0 Å². The summed E-state index contributed by atoms with van der Waals surface area (Å²) in [6, 6.07) is 5.18. The van der Waals surface area contributed by atoms with Gasteiger partial charge in [-0.1, -0.05) is 6.08 Å². The Balaban J connectivity index is 2.82. The van der Waals surface area contributed by atoms with E-state index in [0.29, 0.717) is 0 Å². The van der Waals surface area contributed by atoms with E-state index in [-0.39, 0.29) is 11.9 Å². The highest BCUT2D eigenvalue weighted by Crippen LogP contribution is 2.33. The Morgan fingerprint density at radius 3 is 2.76 bits per heavy atom. The van der Waals surface area contributed by atoms with Crippen LogP contribution in [0.5, 0.6) is 11.5 Å². The van der Waals surface area contributed by atoms with Crippen molar-refractivity contribution in [2.45, 2.75) is 25.4 Å². The molecule has 0 amide bonds. The van der Waals surface area contributed by atoms with E-state index in [9.17, 15) is 5.11 Å². The number of benzene rings is 1. The lowest BCUT2D eigenvalue weighted by atomic mass is 10.0. The number of ether oxygens (including phenoxy) is 2. The van der Waals surface area contributed by atoms with Crippen molar-refractivity contribution >= 4 is 0 Å². The molecule has 1 aromatic rings. The first kappa shape index (κ1) is 13.6. The SMILES string of the molecule is C=CCCCC(OC)c1cc(OC)ccc1O. The zero-order valence-electron chi connectivity index (χ0n) is 10.5. The topological polar surface area (TPSA) is 38.7 Å². The molecule has 0 aliphatic heterocycles. The van der Waals surface area contributed by atoms with Crippen LogP contribution in [0.15, 0.2) is 30.9 Å². The number of aromatic hydroxyl groups is 1. The van der Waals surface area contributed by atoms with Crippen molar-refractivity contribution < 1.29 is 14.6 Å². The molecule has 0 spiro atoms. The number of unbranched alkanes of at least 4 members (excludes halogenated alkanes) is 1. The van der Waals surface area contributed by atoms with Crippen molar-refractivity contribution in [1.82, 2.24) is 0 Å². The lowest BCUT2D eigenvalue weighted by molar-refractivity contribution is 0.0916. The maximum Gasteiger partial charge on any atom is 0.121 e. The Morgan fingerprint density at radius 2 is 2.18 bits per heavy atom. The summed E-state index contributed by atoms with van der Waals surface area (Å²) >= 11 is 0. The minimum atomic E-state index is -0.106. The van der Waals surface area contributed by atoms with Gasteiger partial charge in [0.2, 0.25) is 0 Å². The molecule has 1 rings (SSSR count). The number of phenolic OH excluding ortho intramolecular Hbond substituents is 1. The summed E-state index contributed by atoms with van der Waals surface area (Å²) < 4.78 is 10.6. The van der Waals surface area contributed by atoms with E-state index in [0.717, 1.165) is 30.6 Å². The molecule has 0 heterocycles. The Hall–Kier alpha value is -1.48. The summed E-state index contributed by atoms with van der Waals surface area (Å²) in [6.45, 7) is 3.69. The second-order valence-corrected chi connectivity index (χ2v) is 3.87. The van der Waals surface area contributed by atoms with Crippen LogP contribution >= 0.6 is 0 Å². The van der Waals surface area contributed by atoms with Crippen LogP contribution in [0.1, 0.15) is 30.9 Å². The van der Waals surface area contributed by atoms with Crippen LogP contribution in [-0.2, 0) is 4.74 Å². The second-order valence-electron chi connectivity index (χ2n) is 3.87. The van der Waals surface area contributed by atoms with Gasteiger partial charge in [-0.15, -0.1) is 6.58 Å². The summed E-state index contributed by atoms with van der Waals surface area (Å²) in [5.41, 5.74) is 0.774. The normalized spacial score (nSPS) is 12.1. The highest BCUT2D eigenvalue weighted by Gasteiger charge is 2.15. The maximum atomic E-state index is 9.83. The number of hydrogen-bond donors (Lipinski definition) is 1. The average Bonchev–Trinajstić information content (AvgIpc) is 2.36. The lowest BCUT2D eigenvalue weighted by Gasteiger charge is -2.17. The lowest BCUT2D eigenvalue weighted by Crippen LogP contribution is -2.02. The van der Waals surface area contributed by atoms with Gasteiger partial charge in [0.25, 0.3) is 0 Å². The molecule has 0 aromatic heterocycles. The van der Waals surface area contributed by atoms with Gasteiger partial charge in [-0.2, -0.15) is 0 Å². The molecule has 17 heavy (non-hydrogen) atoms. The van der Waals surface area contributed by atoms with Crippen LogP contribution in [0.2, 0.25) is 0 Å². The van der Waals surface area contributed by atoms with E-state index in [1.165, 1.54) is 0 Å². The molecule has 1 N–H and O–H groups in total. The molecule has 94 valence electrons. The molecule has 0 saturated carbocycles. The Morgan fingerprint density at radius 1 is 1.41 bits per heavy atom. The van der Waals surface area contributed by atoms with E-state index in [2.05, 4.69) is 6.58 Å². The molecule has 1 unspecified atom stereocenters. The first-order valence-corrected chi connectivity index (χ1v) is 5.73. The molecule has 0 aliphatic carbocycles. The smallest absolute Gasteiger partial charge is 0.121 e. The monoisotopic (exact) mass is 236 g/mol. The number of methoxy groups -OCH3 is 2. The van der Waals surface area contributed by atoms with Crippen LogP contribution in [0.3, 0.4) is 0 Å². The van der Waals surface area contributed by atoms with Crippen molar-refractivity contribution in [2.24, 2.45) is 0 Å².